The molecule has 3 nitrogen and oxygen atoms in total. The highest BCUT2D eigenvalue weighted by molar-refractivity contribution is 14.1. The van der Waals surface area contributed by atoms with Crippen LogP contribution in [0.25, 0.3) is 0 Å². The molecule has 0 heterocycles. The summed E-state index contributed by atoms with van der Waals surface area (Å²) in [7, 11) is 0. The molecular formula is C13H10BrIN2O. The molecule has 2 aromatic carbocycles. The molecule has 0 saturated heterocycles. The zero-order valence-electron chi connectivity index (χ0n) is 9.28. The van der Waals surface area contributed by atoms with E-state index in [1.165, 1.54) is 0 Å². The molecule has 5 heteroatoms. The van der Waals surface area contributed by atoms with Crippen LogP contribution in [0.1, 0.15) is 10.4 Å². The topological polar surface area (TPSA) is 55.1 Å². The van der Waals surface area contributed by atoms with Crippen LogP contribution in [0.2, 0.25) is 0 Å². The highest BCUT2D eigenvalue weighted by Crippen LogP contribution is 2.24. The summed E-state index contributed by atoms with van der Waals surface area (Å²) in [4.78, 5) is 12.1. The van der Waals surface area contributed by atoms with Crippen molar-refractivity contribution < 1.29 is 4.79 Å². The number of nitrogen functional groups attached to an aromatic ring is 1. The lowest BCUT2D eigenvalue weighted by Crippen LogP contribution is -2.13. The molecule has 0 aliphatic heterocycles. The second kappa shape index (κ2) is 5.71. The Morgan fingerprint density at radius 1 is 1.22 bits per heavy atom. The summed E-state index contributed by atoms with van der Waals surface area (Å²) in [5.74, 6) is -0.128. The number of carbonyl (C=O) groups is 1. The zero-order valence-corrected chi connectivity index (χ0v) is 13.0. The molecule has 2 rings (SSSR count). The summed E-state index contributed by atoms with van der Waals surface area (Å²) < 4.78 is 1.69. The number of hydrogen-bond donors (Lipinski definition) is 2. The average molecular weight is 417 g/mol. The van der Waals surface area contributed by atoms with Crippen LogP contribution in [0, 0.1) is 3.57 Å². The average Bonchev–Trinajstić information content (AvgIpc) is 2.34. The second-order valence-corrected chi connectivity index (χ2v) is 5.69. The standard InChI is InChI=1S/C13H10BrIN2O/c14-10-7-8(5-6-12(10)16)17-13(18)9-3-1-2-4-11(9)15/h1-7H,16H2,(H,17,18). The summed E-state index contributed by atoms with van der Waals surface area (Å²) in [6.45, 7) is 0. The Morgan fingerprint density at radius 2 is 1.94 bits per heavy atom. The number of halogens is 2. The maximum absolute atomic E-state index is 12.1. The van der Waals surface area contributed by atoms with Crippen molar-refractivity contribution in [2.45, 2.75) is 0 Å². The number of anilines is 2. The number of rotatable bonds is 2. The molecule has 0 bridgehead atoms. The van der Waals surface area contributed by atoms with Gasteiger partial charge in [0.1, 0.15) is 0 Å². The first-order valence-electron chi connectivity index (χ1n) is 5.19. The smallest absolute Gasteiger partial charge is 0.256 e. The third-order valence-electron chi connectivity index (χ3n) is 2.38. The number of nitrogens with one attached hydrogen (secondary N) is 1. The van der Waals surface area contributed by atoms with E-state index < -0.39 is 0 Å². The molecule has 0 aromatic heterocycles. The van der Waals surface area contributed by atoms with Crippen LogP contribution in [-0.2, 0) is 0 Å². The third-order valence-corrected chi connectivity index (χ3v) is 4.00. The van der Waals surface area contributed by atoms with Gasteiger partial charge >= 0.3 is 0 Å². The summed E-state index contributed by atoms with van der Waals surface area (Å²) in [5, 5.41) is 2.84. The van der Waals surface area contributed by atoms with Crippen LogP contribution >= 0.6 is 38.5 Å². The van der Waals surface area contributed by atoms with Gasteiger partial charge in [-0.05, 0) is 68.9 Å². The highest BCUT2D eigenvalue weighted by atomic mass is 127. The number of benzene rings is 2. The molecule has 92 valence electrons. The molecule has 0 aliphatic rings. The highest BCUT2D eigenvalue weighted by Gasteiger charge is 2.09. The van der Waals surface area contributed by atoms with Crippen molar-refractivity contribution in [1.82, 2.24) is 0 Å². The minimum absolute atomic E-state index is 0.128. The third kappa shape index (κ3) is 3.02. The largest absolute Gasteiger partial charge is 0.398 e. The molecule has 0 aliphatic carbocycles. The molecule has 1 amide bonds. The van der Waals surface area contributed by atoms with Crippen LogP contribution in [0.5, 0.6) is 0 Å². The van der Waals surface area contributed by atoms with Crippen LogP contribution in [-0.4, -0.2) is 5.91 Å². The van der Waals surface area contributed by atoms with Gasteiger partial charge in [0.25, 0.3) is 5.91 Å². The summed E-state index contributed by atoms with van der Waals surface area (Å²) in [6, 6.07) is 12.7. The fourth-order valence-electron chi connectivity index (χ4n) is 1.45. The van der Waals surface area contributed by atoms with E-state index in [2.05, 4.69) is 43.8 Å². The molecule has 0 spiro atoms. The van der Waals surface area contributed by atoms with E-state index in [0.29, 0.717) is 16.9 Å². The van der Waals surface area contributed by atoms with Gasteiger partial charge in [-0.1, -0.05) is 12.1 Å². The Labute approximate surface area is 127 Å². The SMILES string of the molecule is Nc1ccc(NC(=O)c2ccccc2I)cc1Br. The van der Waals surface area contributed by atoms with E-state index in [0.717, 1.165) is 8.04 Å². The molecular weight excluding hydrogens is 407 g/mol. The van der Waals surface area contributed by atoms with Crippen molar-refractivity contribution in [2.75, 3.05) is 11.1 Å². The first-order chi connectivity index (χ1) is 8.58. The summed E-state index contributed by atoms with van der Waals surface area (Å²) in [5.41, 5.74) is 7.70. The Morgan fingerprint density at radius 3 is 2.61 bits per heavy atom. The maximum atomic E-state index is 12.1. The number of nitrogens with two attached hydrogens (primary N) is 1. The number of carbonyl (C=O) groups excluding carboxylic acids is 1. The van der Waals surface area contributed by atoms with E-state index in [9.17, 15) is 4.79 Å². The summed E-state index contributed by atoms with van der Waals surface area (Å²) in [6.07, 6.45) is 0. The minimum atomic E-state index is -0.128. The van der Waals surface area contributed by atoms with Gasteiger partial charge in [0.15, 0.2) is 0 Å². The van der Waals surface area contributed by atoms with Crippen LogP contribution < -0.4 is 11.1 Å². The van der Waals surface area contributed by atoms with Crippen LogP contribution in [0.4, 0.5) is 11.4 Å². The van der Waals surface area contributed by atoms with Gasteiger partial charge in [0, 0.05) is 19.4 Å². The molecule has 3 N–H and O–H groups in total. The maximum Gasteiger partial charge on any atom is 0.256 e. The molecule has 0 saturated carbocycles. The van der Waals surface area contributed by atoms with Gasteiger partial charge in [0.2, 0.25) is 0 Å². The van der Waals surface area contributed by atoms with Crippen molar-refractivity contribution in [2.24, 2.45) is 0 Å². The van der Waals surface area contributed by atoms with Crippen molar-refractivity contribution in [3.8, 4) is 0 Å². The number of hydrogen-bond acceptors (Lipinski definition) is 2. The van der Waals surface area contributed by atoms with Gasteiger partial charge in [0.05, 0.1) is 5.56 Å². The zero-order chi connectivity index (χ0) is 13.1. The normalized spacial score (nSPS) is 10.1. The van der Waals surface area contributed by atoms with Gasteiger partial charge in [-0.25, -0.2) is 0 Å². The van der Waals surface area contributed by atoms with Crippen molar-refractivity contribution in [3.05, 3.63) is 56.1 Å². The lowest BCUT2D eigenvalue weighted by atomic mass is 10.2. The van der Waals surface area contributed by atoms with Gasteiger partial charge in [-0.15, -0.1) is 0 Å². The van der Waals surface area contributed by atoms with Gasteiger partial charge < -0.3 is 11.1 Å². The van der Waals surface area contributed by atoms with E-state index >= 15 is 0 Å². The van der Waals surface area contributed by atoms with E-state index in [1.54, 1.807) is 24.3 Å². The quantitative estimate of drug-likeness (QED) is 0.576. The number of amides is 1. The van der Waals surface area contributed by atoms with E-state index in [-0.39, 0.29) is 5.91 Å². The molecule has 0 fully saturated rings. The Kier molecular flexibility index (Phi) is 4.23. The lowest BCUT2D eigenvalue weighted by molar-refractivity contribution is 0.102. The van der Waals surface area contributed by atoms with Crippen molar-refractivity contribution >= 4 is 55.8 Å². The van der Waals surface area contributed by atoms with Gasteiger partial charge in [-0.2, -0.15) is 0 Å². The minimum Gasteiger partial charge on any atom is -0.398 e. The van der Waals surface area contributed by atoms with E-state index in [1.807, 2.05) is 18.2 Å². The van der Waals surface area contributed by atoms with Crippen LogP contribution in [0.15, 0.2) is 46.9 Å². The Balaban J connectivity index is 2.22. The van der Waals surface area contributed by atoms with E-state index in [4.69, 9.17) is 5.73 Å². The fourth-order valence-corrected chi connectivity index (χ4v) is 2.46. The lowest BCUT2D eigenvalue weighted by Gasteiger charge is -2.08. The predicted molar refractivity (Wildman–Crippen MR) is 85.7 cm³/mol. The first kappa shape index (κ1) is 13.4. The second-order valence-electron chi connectivity index (χ2n) is 3.67. The Hall–Kier alpha value is -1.08. The summed E-state index contributed by atoms with van der Waals surface area (Å²) >= 11 is 5.47. The van der Waals surface area contributed by atoms with Crippen molar-refractivity contribution in [3.63, 3.8) is 0 Å². The Bertz CT molecular complexity index is 601. The van der Waals surface area contributed by atoms with Gasteiger partial charge in [-0.3, -0.25) is 4.79 Å². The predicted octanol–water partition coefficient (Wildman–Crippen LogP) is 3.89. The fraction of sp³-hybridized carbons (Fsp3) is 0. The molecule has 2 aromatic rings. The molecule has 18 heavy (non-hydrogen) atoms. The monoisotopic (exact) mass is 416 g/mol. The van der Waals surface area contributed by atoms with Crippen LogP contribution in [0.3, 0.4) is 0 Å². The first-order valence-corrected chi connectivity index (χ1v) is 7.06. The molecule has 0 unspecified atom stereocenters. The molecule has 0 atom stereocenters. The molecule has 0 radical (unpaired) electrons. The van der Waals surface area contributed by atoms with Crippen molar-refractivity contribution in [1.29, 1.82) is 0 Å².